The number of sulfonamides is 1. The van der Waals surface area contributed by atoms with Crippen molar-refractivity contribution in [2.24, 2.45) is 5.92 Å². The highest BCUT2D eigenvalue weighted by molar-refractivity contribution is 7.89. The minimum atomic E-state index is -3.97. The van der Waals surface area contributed by atoms with E-state index in [2.05, 4.69) is 17.2 Å². The summed E-state index contributed by atoms with van der Waals surface area (Å²) >= 11 is 0. The van der Waals surface area contributed by atoms with Crippen molar-refractivity contribution in [1.82, 2.24) is 14.5 Å². The third kappa shape index (κ3) is 7.09. The number of rotatable bonds is 6. The molecule has 3 N–H and O–H groups in total. The summed E-state index contributed by atoms with van der Waals surface area (Å²) in [5.41, 5.74) is -0.727. The average Bonchev–Trinajstić information content (AvgIpc) is 2.77. The lowest BCUT2D eigenvalue weighted by molar-refractivity contribution is 0.0812. The third-order valence-corrected chi connectivity index (χ3v) is 7.53. The third-order valence-electron chi connectivity index (χ3n) is 5.51. The van der Waals surface area contributed by atoms with E-state index in [0.29, 0.717) is 12.1 Å². The monoisotopic (exact) mass is 495 g/mol. The maximum absolute atomic E-state index is 13.5. The number of amides is 2. The number of ether oxygens (including phenoxy) is 1. The molecule has 1 aromatic carbocycles. The molecule has 1 heterocycles. The largest absolute Gasteiger partial charge is 0.487 e. The molecule has 0 aliphatic carbocycles. The molecule has 1 aromatic rings. The first kappa shape index (κ1) is 27.9. The number of carbonyl (C=O) groups is 1. The fourth-order valence-corrected chi connectivity index (χ4v) is 5.29. The van der Waals surface area contributed by atoms with Gasteiger partial charge in [-0.15, -0.1) is 0 Å². The van der Waals surface area contributed by atoms with E-state index in [1.165, 1.54) is 21.3 Å². The van der Waals surface area contributed by atoms with Crippen LogP contribution in [0.4, 0.5) is 4.79 Å². The summed E-state index contributed by atoms with van der Waals surface area (Å²) < 4.78 is 34.5. The van der Waals surface area contributed by atoms with Crippen LogP contribution >= 0.6 is 0 Å². The van der Waals surface area contributed by atoms with Crippen LogP contribution in [0.1, 0.15) is 46.6 Å². The molecule has 34 heavy (non-hydrogen) atoms. The van der Waals surface area contributed by atoms with Crippen molar-refractivity contribution in [2.75, 3.05) is 33.3 Å². The smallest absolute Gasteiger partial charge is 0.317 e. The van der Waals surface area contributed by atoms with Crippen LogP contribution in [0.3, 0.4) is 0 Å². The van der Waals surface area contributed by atoms with Gasteiger partial charge < -0.3 is 25.2 Å². The number of urea groups is 1. The number of nitrogens with zero attached hydrogens (tertiary/aromatic N) is 2. The molecule has 0 saturated carbocycles. The van der Waals surface area contributed by atoms with Gasteiger partial charge >= 0.3 is 6.03 Å². The van der Waals surface area contributed by atoms with Crippen LogP contribution < -0.4 is 10.1 Å². The van der Waals surface area contributed by atoms with Crippen molar-refractivity contribution >= 4 is 16.1 Å². The Morgan fingerprint density at radius 2 is 2.09 bits per heavy atom. The molecule has 9 nitrogen and oxygen atoms in total. The molecule has 0 unspecified atom stereocenters. The summed E-state index contributed by atoms with van der Waals surface area (Å²) in [5.74, 6) is 5.40. The molecule has 1 aliphatic rings. The Labute approximate surface area is 203 Å². The second kappa shape index (κ2) is 11.4. The number of nitrogens with one attached hydrogen (secondary N) is 1. The Bertz CT molecular complexity index is 1030. The molecule has 0 radical (unpaired) electrons. The van der Waals surface area contributed by atoms with Gasteiger partial charge in [0, 0.05) is 37.7 Å². The summed E-state index contributed by atoms with van der Waals surface area (Å²) in [7, 11) is -2.31. The van der Waals surface area contributed by atoms with Gasteiger partial charge in [-0.05, 0) is 45.4 Å². The Morgan fingerprint density at radius 3 is 2.68 bits per heavy atom. The van der Waals surface area contributed by atoms with E-state index in [1.54, 1.807) is 33.9 Å². The number of carbonyl (C=O) groups excluding carboxylic acids is 1. The molecule has 0 aromatic heterocycles. The first-order chi connectivity index (χ1) is 15.8. The SMILES string of the molecule is CCCNC(=O)N(C)C[C@@H]1Oc2cc(C#CC(C)(C)O)ccc2S(=O)(=O)N([C@H](C)CO)C[C@@H]1C. The van der Waals surface area contributed by atoms with Gasteiger partial charge in [-0.2, -0.15) is 4.31 Å². The summed E-state index contributed by atoms with van der Waals surface area (Å²) in [5, 5.41) is 22.5. The van der Waals surface area contributed by atoms with E-state index in [1.807, 2.05) is 13.8 Å². The number of benzene rings is 1. The maximum Gasteiger partial charge on any atom is 0.317 e. The zero-order valence-corrected chi connectivity index (χ0v) is 21.6. The maximum atomic E-state index is 13.5. The highest BCUT2D eigenvalue weighted by Crippen LogP contribution is 2.34. The van der Waals surface area contributed by atoms with Gasteiger partial charge in [0.2, 0.25) is 10.0 Å². The normalized spacial score (nSPS) is 21.1. The number of aliphatic hydroxyl groups is 2. The van der Waals surface area contributed by atoms with E-state index in [9.17, 15) is 23.4 Å². The van der Waals surface area contributed by atoms with Crippen molar-refractivity contribution in [3.05, 3.63) is 23.8 Å². The highest BCUT2D eigenvalue weighted by atomic mass is 32.2. The summed E-state index contributed by atoms with van der Waals surface area (Å²) in [4.78, 5) is 13.9. The first-order valence-electron chi connectivity index (χ1n) is 11.5. The van der Waals surface area contributed by atoms with Crippen molar-refractivity contribution in [3.63, 3.8) is 0 Å². The average molecular weight is 496 g/mol. The van der Waals surface area contributed by atoms with Crippen molar-refractivity contribution in [1.29, 1.82) is 0 Å². The molecule has 190 valence electrons. The number of hydrogen-bond donors (Lipinski definition) is 3. The fourth-order valence-electron chi connectivity index (χ4n) is 3.47. The second-order valence-corrected chi connectivity index (χ2v) is 11.2. The van der Waals surface area contributed by atoms with Crippen LogP contribution in [0.2, 0.25) is 0 Å². The molecular formula is C24H37N3O6S. The summed E-state index contributed by atoms with van der Waals surface area (Å²) in [6.45, 7) is 9.16. The van der Waals surface area contributed by atoms with Crippen molar-refractivity contribution in [2.45, 2.75) is 63.7 Å². The molecule has 0 saturated heterocycles. The van der Waals surface area contributed by atoms with Gasteiger partial charge in [0.15, 0.2) is 0 Å². The standard InChI is InChI=1S/C24H37N3O6S/c1-7-12-25-23(29)26(6)15-21-17(2)14-27(18(3)16-28)34(31,32)22-9-8-19(13-20(22)33-21)10-11-24(4,5)30/h8-9,13,17-18,21,28,30H,7,12,14-16H2,1-6H3,(H,25,29)/t17-,18+,21-/m0/s1. The molecule has 0 fully saturated rings. The van der Waals surface area contributed by atoms with Crippen LogP contribution in [0, 0.1) is 17.8 Å². The van der Waals surface area contributed by atoms with Gasteiger partial charge in [-0.25, -0.2) is 13.2 Å². The summed E-state index contributed by atoms with van der Waals surface area (Å²) in [6, 6.07) is 3.65. The minimum Gasteiger partial charge on any atom is -0.487 e. The Kier molecular flexibility index (Phi) is 9.37. The van der Waals surface area contributed by atoms with E-state index in [4.69, 9.17) is 4.74 Å². The van der Waals surface area contributed by atoms with E-state index in [-0.39, 0.29) is 42.3 Å². The first-order valence-corrected chi connectivity index (χ1v) is 12.9. The predicted octanol–water partition coefficient (Wildman–Crippen LogP) is 1.63. The molecular weight excluding hydrogens is 458 g/mol. The number of fused-ring (bicyclic) bond motifs is 1. The van der Waals surface area contributed by atoms with Crippen molar-refractivity contribution in [3.8, 4) is 17.6 Å². The van der Waals surface area contributed by atoms with Gasteiger partial charge in [-0.1, -0.05) is 25.7 Å². The molecule has 0 bridgehead atoms. The van der Waals surface area contributed by atoms with Gasteiger partial charge in [0.25, 0.3) is 0 Å². The van der Waals surface area contributed by atoms with Crippen LogP contribution in [-0.4, -0.2) is 84.9 Å². The Morgan fingerprint density at radius 1 is 1.41 bits per heavy atom. The summed E-state index contributed by atoms with van der Waals surface area (Å²) in [6.07, 6.45) is 0.293. The van der Waals surface area contributed by atoms with E-state index >= 15 is 0 Å². The number of aliphatic hydroxyl groups excluding tert-OH is 1. The molecule has 1 aliphatic heterocycles. The van der Waals surface area contributed by atoms with Crippen LogP contribution in [-0.2, 0) is 10.0 Å². The Hall–Kier alpha value is -2.32. The van der Waals surface area contributed by atoms with Crippen LogP contribution in [0.15, 0.2) is 23.1 Å². The lowest BCUT2D eigenvalue weighted by atomic mass is 10.0. The number of likely N-dealkylation sites (N-methyl/N-ethyl adjacent to an activating group) is 1. The molecule has 3 atom stereocenters. The van der Waals surface area contributed by atoms with E-state index in [0.717, 1.165) is 6.42 Å². The van der Waals surface area contributed by atoms with E-state index < -0.39 is 27.8 Å². The minimum absolute atomic E-state index is 0.0309. The topological polar surface area (TPSA) is 119 Å². The molecule has 10 heteroatoms. The van der Waals surface area contributed by atoms with Gasteiger partial charge in [0.05, 0.1) is 13.2 Å². The molecule has 0 spiro atoms. The van der Waals surface area contributed by atoms with Gasteiger partial charge in [-0.3, -0.25) is 0 Å². The van der Waals surface area contributed by atoms with Gasteiger partial charge in [0.1, 0.15) is 22.4 Å². The molecule has 2 rings (SSSR count). The predicted molar refractivity (Wildman–Crippen MR) is 130 cm³/mol. The molecule has 2 amide bonds. The lowest BCUT2D eigenvalue weighted by Crippen LogP contribution is -2.51. The second-order valence-electron chi connectivity index (χ2n) is 9.32. The Balaban J connectivity index is 2.53. The fraction of sp³-hybridized carbons (Fsp3) is 0.625. The zero-order valence-electron chi connectivity index (χ0n) is 20.8. The van der Waals surface area contributed by atoms with Crippen LogP contribution in [0.25, 0.3) is 0 Å². The lowest BCUT2D eigenvalue weighted by Gasteiger charge is -2.37. The zero-order chi connectivity index (χ0) is 25.7. The van der Waals surface area contributed by atoms with Crippen LogP contribution in [0.5, 0.6) is 5.75 Å². The number of hydrogen-bond acceptors (Lipinski definition) is 6. The van der Waals surface area contributed by atoms with Crippen molar-refractivity contribution < 1.29 is 28.2 Å². The quantitative estimate of drug-likeness (QED) is 0.516. The highest BCUT2D eigenvalue weighted by Gasteiger charge is 2.38.